The van der Waals surface area contributed by atoms with Gasteiger partial charge in [-0.15, -0.1) is 0 Å². The maximum atomic E-state index is 2.43. The van der Waals surface area contributed by atoms with E-state index in [2.05, 4.69) is 62.3 Å². The van der Waals surface area contributed by atoms with Crippen LogP contribution in [0.1, 0.15) is 75.2 Å². The molecule has 0 aromatic heterocycles. The molecule has 0 amide bonds. The summed E-state index contributed by atoms with van der Waals surface area (Å²) in [6.07, 6.45) is 2.61. The molecule has 0 aromatic rings. The topological polar surface area (TPSA) is 0 Å². The second-order valence-corrected chi connectivity index (χ2v) is 8.10. The van der Waals surface area contributed by atoms with Crippen LogP contribution >= 0.6 is 0 Å². The van der Waals surface area contributed by atoms with E-state index in [0.29, 0.717) is 16.2 Å². The van der Waals surface area contributed by atoms with E-state index in [1.54, 1.807) is 0 Å². The average Bonchev–Trinajstić information content (AvgIpc) is 1.75. The van der Waals surface area contributed by atoms with Crippen LogP contribution in [0.5, 0.6) is 0 Å². The molecule has 0 aliphatic rings. The molecule has 15 heavy (non-hydrogen) atoms. The van der Waals surface area contributed by atoms with Crippen LogP contribution in [0.3, 0.4) is 0 Å². The molecule has 0 N–H and O–H groups in total. The lowest BCUT2D eigenvalue weighted by Crippen LogP contribution is -2.36. The fraction of sp³-hybridized carbons (Fsp3) is 1.00. The van der Waals surface area contributed by atoms with Gasteiger partial charge in [0.25, 0.3) is 0 Å². The number of rotatable bonds is 4. The highest BCUT2D eigenvalue weighted by molar-refractivity contribution is 4.89. The summed E-state index contributed by atoms with van der Waals surface area (Å²) in [4.78, 5) is 0. The third kappa shape index (κ3) is 5.04. The molecule has 0 aliphatic carbocycles. The van der Waals surface area contributed by atoms with Gasteiger partial charge < -0.3 is 0 Å². The molecule has 0 radical (unpaired) electrons. The van der Waals surface area contributed by atoms with Crippen molar-refractivity contribution in [3.8, 4) is 0 Å². The maximum Gasteiger partial charge on any atom is -0.0298 e. The van der Waals surface area contributed by atoms with Gasteiger partial charge in [-0.25, -0.2) is 0 Å². The molecule has 0 heterocycles. The van der Waals surface area contributed by atoms with Crippen molar-refractivity contribution in [2.45, 2.75) is 75.2 Å². The van der Waals surface area contributed by atoms with Crippen LogP contribution in [0, 0.1) is 22.2 Å². The third-order valence-corrected chi connectivity index (χ3v) is 3.72. The minimum atomic E-state index is 0.412. The molecule has 0 nitrogen and oxygen atoms in total. The molecule has 92 valence electrons. The zero-order valence-electron chi connectivity index (χ0n) is 12.5. The van der Waals surface area contributed by atoms with E-state index in [1.165, 1.54) is 12.8 Å². The third-order valence-electron chi connectivity index (χ3n) is 3.72. The van der Waals surface area contributed by atoms with Crippen molar-refractivity contribution >= 4 is 0 Å². The standard InChI is InChI=1S/C15H32/c1-12(2)10-14(6,7)15(8,9)11-13(3,4)5/h12H,10-11H2,1-9H3. The van der Waals surface area contributed by atoms with Gasteiger partial charge in [0.15, 0.2) is 0 Å². The molecule has 0 aliphatic heterocycles. The summed E-state index contributed by atoms with van der Waals surface area (Å²) < 4.78 is 0. The quantitative estimate of drug-likeness (QED) is 0.575. The van der Waals surface area contributed by atoms with Crippen molar-refractivity contribution in [3.63, 3.8) is 0 Å². The first-order valence-electron chi connectivity index (χ1n) is 6.37. The van der Waals surface area contributed by atoms with Crippen LogP contribution in [0.15, 0.2) is 0 Å². The molecule has 0 fully saturated rings. The van der Waals surface area contributed by atoms with Gasteiger partial charge in [-0.1, -0.05) is 62.3 Å². The fourth-order valence-electron chi connectivity index (χ4n) is 2.86. The Bertz CT molecular complexity index is 189. The van der Waals surface area contributed by atoms with Gasteiger partial charge in [-0.3, -0.25) is 0 Å². The minimum absolute atomic E-state index is 0.412. The van der Waals surface area contributed by atoms with Crippen molar-refractivity contribution in [2.24, 2.45) is 22.2 Å². The van der Waals surface area contributed by atoms with E-state index < -0.39 is 0 Å². The summed E-state index contributed by atoms with van der Waals surface area (Å²) in [7, 11) is 0. The largest absolute Gasteiger partial charge is 0.0628 e. The van der Waals surface area contributed by atoms with Crippen molar-refractivity contribution < 1.29 is 0 Å². The zero-order chi connectivity index (χ0) is 12.5. The summed E-state index contributed by atoms with van der Waals surface area (Å²) >= 11 is 0. The van der Waals surface area contributed by atoms with Gasteiger partial charge in [0.1, 0.15) is 0 Å². The van der Waals surface area contributed by atoms with Crippen molar-refractivity contribution in [1.29, 1.82) is 0 Å². The Balaban J connectivity index is 4.69. The Kier molecular flexibility index (Phi) is 4.47. The Hall–Kier alpha value is 0. The predicted molar refractivity (Wildman–Crippen MR) is 71.1 cm³/mol. The minimum Gasteiger partial charge on any atom is -0.0628 e. The molecule has 0 unspecified atom stereocenters. The molecule has 0 aromatic carbocycles. The van der Waals surface area contributed by atoms with Crippen molar-refractivity contribution in [2.75, 3.05) is 0 Å². The van der Waals surface area contributed by atoms with Gasteiger partial charge in [0, 0.05) is 0 Å². The average molecular weight is 212 g/mol. The summed E-state index contributed by atoms with van der Waals surface area (Å²) in [6, 6.07) is 0. The molecule has 0 saturated carbocycles. The highest BCUT2D eigenvalue weighted by atomic mass is 14.4. The van der Waals surface area contributed by atoms with E-state index in [0.717, 1.165) is 5.92 Å². The second-order valence-electron chi connectivity index (χ2n) is 8.10. The van der Waals surface area contributed by atoms with Gasteiger partial charge in [-0.2, -0.15) is 0 Å². The molecule has 0 rings (SSSR count). The van der Waals surface area contributed by atoms with Gasteiger partial charge in [-0.05, 0) is 35.0 Å². The highest BCUT2D eigenvalue weighted by Gasteiger charge is 2.39. The van der Waals surface area contributed by atoms with E-state index in [-0.39, 0.29) is 0 Å². The van der Waals surface area contributed by atoms with Crippen molar-refractivity contribution in [1.82, 2.24) is 0 Å². The summed E-state index contributed by atoms with van der Waals surface area (Å²) in [5, 5.41) is 0. The predicted octanol–water partition coefficient (Wildman–Crippen LogP) is 5.52. The van der Waals surface area contributed by atoms with E-state index in [4.69, 9.17) is 0 Å². The Labute approximate surface area is 97.8 Å². The van der Waals surface area contributed by atoms with E-state index in [9.17, 15) is 0 Å². The summed E-state index contributed by atoms with van der Waals surface area (Å²) in [5.41, 5.74) is 1.27. The van der Waals surface area contributed by atoms with E-state index in [1.807, 2.05) is 0 Å². The van der Waals surface area contributed by atoms with Crippen LogP contribution < -0.4 is 0 Å². The normalized spacial score (nSPS) is 14.8. The Morgan fingerprint density at radius 3 is 1.40 bits per heavy atom. The maximum absolute atomic E-state index is 2.43. The zero-order valence-corrected chi connectivity index (χ0v) is 12.5. The molecular weight excluding hydrogens is 180 g/mol. The molecule has 0 heteroatoms. The summed E-state index contributed by atoms with van der Waals surface area (Å²) in [6.45, 7) is 21.4. The highest BCUT2D eigenvalue weighted by Crippen LogP contribution is 2.49. The molecule has 0 spiro atoms. The van der Waals surface area contributed by atoms with E-state index >= 15 is 0 Å². The second kappa shape index (κ2) is 4.47. The smallest absolute Gasteiger partial charge is 0.0298 e. The van der Waals surface area contributed by atoms with Crippen molar-refractivity contribution in [3.05, 3.63) is 0 Å². The van der Waals surface area contributed by atoms with Gasteiger partial charge in [0.2, 0.25) is 0 Å². The monoisotopic (exact) mass is 212 g/mol. The number of hydrogen-bond donors (Lipinski definition) is 0. The fourth-order valence-corrected chi connectivity index (χ4v) is 2.86. The number of hydrogen-bond acceptors (Lipinski definition) is 0. The van der Waals surface area contributed by atoms with Crippen LogP contribution in [0.4, 0.5) is 0 Å². The molecule has 0 bridgehead atoms. The first-order valence-corrected chi connectivity index (χ1v) is 6.37. The van der Waals surface area contributed by atoms with Crippen LogP contribution in [0.25, 0.3) is 0 Å². The Morgan fingerprint density at radius 1 is 0.733 bits per heavy atom. The van der Waals surface area contributed by atoms with Crippen LogP contribution in [-0.2, 0) is 0 Å². The molecular formula is C15H32. The Morgan fingerprint density at radius 2 is 1.13 bits per heavy atom. The van der Waals surface area contributed by atoms with Crippen LogP contribution in [-0.4, -0.2) is 0 Å². The first-order chi connectivity index (χ1) is 6.37. The first kappa shape index (κ1) is 15.0. The van der Waals surface area contributed by atoms with Gasteiger partial charge >= 0.3 is 0 Å². The lowest BCUT2D eigenvalue weighted by atomic mass is 9.59. The SMILES string of the molecule is CC(C)CC(C)(C)C(C)(C)CC(C)(C)C. The molecule has 0 atom stereocenters. The lowest BCUT2D eigenvalue weighted by Gasteiger charge is -2.46. The lowest BCUT2D eigenvalue weighted by molar-refractivity contribution is 0.0399. The molecule has 0 saturated heterocycles. The van der Waals surface area contributed by atoms with Crippen LogP contribution in [0.2, 0.25) is 0 Å². The van der Waals surface area contributed by atoms with Gasteiger partial charge in [0.05, 0.1) is 0 Å². The summed E-state index contributed by atoms with van der Waals surface area (Å²) in [5.74, 6) is 0.791.